The van der Waals surface area contributed by atoms with Crippen molar-refractivity contribution in [3.8, 4) is 11.1 Å². The summed E-state index contributed by atoms with van der Waals surface area (Å²) in [5.41, 5.74) is 12.4. The molecule has 5 amide bonds. The van der Waals surface area contributed by atoms with Crippen LogP contribution in [0.4, 0.5) is 14.5 Å². The number of nitrogens with zero attached hydrogens (tertiary/aromatic N) is 2. The van der Waals surface area contributed by atoms with Gasteiger partial charge in [-0.1, -0.05) is 74.3 Å². The molecular formula is C46H52F2N6O5S. The zero-order chi connectivity index (χ0) is 42.4. The molecule has 2 fully saturated rings. The number of aryl methyl sites for hydroxylation is 1. The summed E-state index contributed by atoms with van der Waals surface area (Å²) in [4.78, 5) is 64.5. The minimum atomic E-state index is -2.64. The lowest BCUT2D eigenvalue weighted by Crippen LogP contribution is -2.52. The predicted octanol–water partition coefficient (Wildman–Crippen LogP) is 7.87. The molecule has 0 spiro atoms. The molecule has 5 N–H and O–H groups in total. The number of carbonyl (C=O) groups excluding carboxylic acids is 5. The monoisotopic (exact) mass is 838 g/mol. The number of unbranched alkanes of at least 4 members (excludes halogenated alkanes) is 5. The Labute approximate surface area is 353 Å². The van der Waals surface area contributed by atoms with Crippen LogP contribution in [0, 0.1) is 0 Å². The van der Waals surface area contributed by atoms with Crippen molar-refractivity contribution in [2.75, 3.05) is 11.9 Å². The van der Waals surface area contributed by atoms with Crippen molar-refractivity contribution in [1.29, 1.82) is 0 Å². The average molecular weight is 839 g/mol. The summed E-state index contributed by atoms with van der Waals surface area (Å²) in [6.45, 7) is 0.861. The summed E-state index contributed by atoms with van der Waals surface area (Å²) in [6, 6.07) is 18.2. The number of thiocarbonyl (C=S) groups is 1. The first-order chi connectivity index (χ1) is 28.9. The normalized spacial score (nSPS) is 17.7. The maximum atomic E-state index is 14.1. The van der Waals surface area contributed by atoms with Gasteiger partial charge >= 0.3 is 0 Å². The van der Waals surface area contributed by atoms with Gasteiger partial charge in [0, 0.05) is 85.2 Å². The molecule has 1 atom stereocenters. The van der Waals surface area contributed by atoms with E-state index in [1.54, 1.807) is 12.1 Å². The summed E-state index contributed by atoms with van der Waals surface area (Å²) >= 11 is 5.21. The second kappa shape index (κ2) is 18.8. The third-order valence-corrected chi connectivity index (χ3v) is 12.3. The third kappa shape index (κ3) is 10.1. The van der Waals surface area contributed by atoms with E-state index in [0.717, 1.165) is 77.2 Å². The number of aromatic nitrogens is 1. The lowest BCUT2D eigenvalue weighted by Gasteiger charge is -2.29. The fourth-order valence-corrected chi connectivity index (χ4v) is 8.92. The van der Waals surface area contributed by atoms with Crippen LogP contribution in [-0.2, 0) is 32.1 Å². The Kier molecular flexibility index (Phi) is 13.4. The number of anilines is 1. The van der Waals surface area contributed by atoms with E-state index in [1.807, 2.05) is 54.7 Å². The van der Waals surface area contributed by atoms with Gasteiger partial charge in [-0.15, -0.1) is 0 Å². The molecule has 2 aliphatic heterocycles. The van der Waals surface area contributed by atoms with E-state index in [0.29, 0.717) is 54.9 Å². The van der Waals surface area contributed by atoms with Crippen LogP contribution in [-0.4, -0.2) is 62.5 Å². The van der Waals surface area contributed by atoms with E-state index in [4.69, 9.17) is 18.0 Å². The maximum Gasteiger partial charge on any atom is 0.255 e. The lowest BCUT2D eigenvalue weighted by atomic mass is 9.92. The second-order valence-electron chi connectivity index (χ2n) is 16.3. The van der Waals surface area contributed by atoms with Gasteiger partial charge < -0.3 is 25.8 Å². The number of rotatable bonds is 17. The zero-order valence-electron chi connectivity index (χ0n) is 33.7. The Balaban J connectivity index is 0.817. The van der Waals surface area contributed by atoms with Crippen LogP contribution >= 0.6 is 12.2 Å². The first-order valence-corrected chi connectivity index (χ1v) is 21.5. The smallest absolute Gasteiger partial charge is 0.255 e. The number of nitrogens with two attached hydrogens (primary N) is 1. The highest BCUT2D eigenvalue weighted by Crippen LogP contribution is 2.42. The highest BCUT2D eigenvalue weighted by atomic mass is 32.1. The Morgan fingerprint density at radius 1 is 0.867 bits per heavy atom. The fraction of sp³-hybridized carbons (Fsp3) is 0.435. The summed E-state index contributed by atoms with van der Waals surface area (Å²) in [5.74, 6) is -3.77. The van der Waals surface area contributed by atoms with Crippen molar-refractivity contribution in [2.24, 2.45) is 5.73 Å². The second-order valence-corrected chi connectivity index (χ2v) is 16.8. The number of fused-ring (bicyclic) bond motifs is 2. The summed E-state index contributed by atoms with van der Waals surface area (Å²) in [6.07, 6.45) is 9.55. The Morgan fingerprint density at radius 3 is 2.38 bits per heavy atom. The molecule has 7 rings (SSSR count). The quantitative estimate of drug-likeness (QED) is 0.0479. The number of nitrogens with one attached hydrogen (secondary N) is 3. The van der Waals surface area contributed by atoms with E-state index in [9.17, 15) is 32.8 Å². The van der Waals surface area contributed by atoms with Crippen LogP contribution in [0.5, 0.6) is 0 Å². The van der Waals surface area contributed by atoms with Crippen LogP contribution in [0.15, 0.2) is 66.9 Å². The van der Waals surface area contributed by atoms with Gasteiger partial charge in [0.15, 0.2) is 0 Å². The number of amides is 5. The average Bonchev–Trinajstić information content (AvgIpc) is 3.77. The van der Waals surface area contributed by atoms with Gasteiger partial charge in [0.05, 0.1) is 5.52 Å². The summed E-state index contributed by atoms with van der Waals surface area (Å²) in [7, 11) is 0. The molecule has 11 nitrogen and oxygen atoms in total. The van der Waals surface area contributed by atoms with Crippen LogP contribution in [0.25, 0.3) is 22.0 Å². The predicted molar refractivity (Wildman–Crippen MR) is 230 cm³/mol. The van der Waals surface area contributed by atoms with E-state index < -0.39 is 17.9 Å². The zero-order valence-corrected chi connectivity index (χ0v) is 34.5. The molecule has 3 heterocycles. The number of carbonyl (C=O) groups is 5. The van der Waals surface area contributed by atoms with Crippen molar-refractivity contribution in [3.63, 3.8) is 0 Å². The molecule has 1 saturated carbocycles. The first-order valence-electron chi connectivity index (χ1n) is 21.1. The summed E-state index contributed by atoms with van der Waals surface area (Å²) < 4.78 is 30.3. The van der Waals surface area contributed by atoms with Gasteiger partial charge in [-0.2, -0.15) is 0 Å². The standard InChI is InChI=1S/C46H52F2N6O5S/c47-46(48)22-20-33(21-23-46)53-27-37(30-10-7-11-31(25-30)43(49)60)34-16-15-32(26-39(34)53)51-41(56)13-5-3-1-2-4-6-24-50-40(55)18-14-29-9-8-12-35-36(29)28-54(45(35)59)38-17-19-42(57)52-44(38)58/h7-12,15-16,25-27,33,38H,1-6,13-14,17-24,28H2,(H2,49,60)(H,50,55)(H,51,56)(H,52,57,58). The van der Waals surface area contributed by atoms with Gasteiger partial charge in [-0.25, -0.2) is 8.78 Å². The molecule has 1 aromatic heterocycles. The third-order valence-electron chi connectivity index (χ3n) is 12.1. The van der Waals surface area contributed by atoms with Gasteiger partial charge in [0.1, 0.15) is 11.0 Å². The molecule has 3 aromatic carbocycles. The number of benzene rings is 3. The number of alkyl halides is 2. The van der Waals surface area contributed by atoms with Crippen LogP contribution < -0.4 is 21.7 Å². The number of piperidine rings is 1. The van der Waals surface area contributed by atoms with Gasteiger partial charge in [-0.05, 0) is 79.5 Å². The number of hydrogen-bond acceptors (Lipinski definition) is 6. The maximum absolute atomic E-state index is 14.1. The van der Waals surface area contributed by atoms with E-state index in [1.165, 1.54) is 4.90 Å². The Hall–Kier alpha value is -5.50. The molecule has 0 radical (unpaired) electrons. The number of hydrogen-bond donors (Lipinski definition) is 4. The van der Waals surface area contributed by atoms with E-state index in [-0.39, 0.29) is 61.9 Å². The van der Waals surface area contributed by atoms with Crippen LogP contribution in [0.1, 0.15) is 123 Å². The molecule has 316 valence electrons. The highest BCUT2D eigenvalue weighted by Gasteiger charge is 2.40. The number of imide groups is 1. The molecule has 1 aliphatic carbocycles. The molecule has 14 heteroatoms. The molecule has 60 heavy (non-hydrogen) atoms. The van der Waals surface area contributed by atoms with Crippen molar-refractivity contribution in [2.45, 2.75) is 121 Å². The van der Waals surface area contributed by atoms with Crippen molar-refractivity contribution >= 4 is 63.3 Å². The van der Waals surface area contributed by atoms with Crippen LogP contribution in [0.2, 0.25) is 0 Å². The van der Waals surface area contributed by atoms with Crippen molar-refractivity contribution < 1.29 is 32.8 Å². The molecule has 1 saturated heterocycles. The van der Waals surface area contributed by atoms with Gasteiger partial charge in [0.2, 0.25) is 29.6 Å². The topological polar surface area (TPSA) is 156 Å². The molecule has 4 aromatic rings. The van der Waals surface area contributed by atoms with Crippen LogP contribution in [0.3, 0.4) is 0 Å². The van der Waals surface area contributed by atoms with Gasteiger partial charge in [0.25, 0.3) is 5.91 Å². The largest absolute Gasteiger partial charge is 0.389 e. The molecular weight excluding hydrogens is 787 g/mol. The fourth-order valence-electron chi connectivity index (χ4n) is 8.79. The lowest BCUT2D eigenvalue weighted by molar-refractivity contribution is -0.137. The SMILES string of the molecule is NC(=S)c1cccc(-c2cn(C3CCC(F)(F)CC3)c3cc(NC(=O)CCCCCCCCNC(=O)CCc4cccc5c4CN(C4CCC(=O)NC4=O)C5=O)ccc23)c1. The van der Waals surface area contributed by atoms with Crippen molar-refractivity contribution in [3.05, 3.63) is 89.1 Å². The molecule has 1 unspecified atom stereocenters. The Morgan fingerprint density at radius 2 is 1.62 bits per heavy atom. The first kappa shape index (κ1) is 42.6. The molecule has 3 aliphatic rings. The Bertz CT molecular complexity index is 2300. The highest BCUT2D eigenvalue weighted by molar-refractivity contribution is 7.80. The number of halogens is 2. The van der Waals surface area contributed by atoms with E-state index >= 15 is 0 Å². The van der Waals surface area contributed by atoms with Crippen molar-refractivity contribution in [1.82, 2.24) is 20.1 Å². The minimum Gasteiger partial charge on any atom is -0.389 e. The minimum absolute atomic E-state index is 0.0567. The molecule has 0 bridgehead atoms. The summed E-state index contributed by atoms with van der Waals surface area (Å²) in [5, 5.41) is 9.33. The van der Waals surface area contributed by atoms with E-state index in [2.05, 4.69) is 20.5 Å². The van der Waals surface area contributed by atoms with Gasteiger partial charge in [-0.3, -0.25) is 29.3 Å².